The zero-order valence-corrected chi connectivity index (χ0v) is 11.5. The summed E-state index contributed by atoms with van der Waals surface area (Å²) >= 11 is 3.35. The lowest BCUT2D eigenvalue weighted by Crippen LogP contribution is -2.06. The highest BCUT2D eigenvalue weighted by molar-refractivity contribution is 9.10. The number of aliphatic hydroxyl groups excluding tert-OH is 1. The molecule has 0 saturated carbocycles. The lowest BCUT2D eigenvalue weighted by atomic mass is 10.1. The van der Waals surface area contributed by atoms with Crippen LogP contribution >= 0.6 is 15.9 Å². The topological polar surface area (TPSA) is 54.4 Å². The molecule has 1 unspecified atom stereocenters. The molecule has 0 aliphatic heterocycles. The second kappa shape index (κ2) is 5.80. The van der Waals surface area contributed by atoms with Crippen molar-refractivity contribution in [2.24, 2.45) is 0 Å². The van der Waals surface area contributed by atoms with Crippen LogP contribution in [0.15, 0.2) is 28.7 Å². The van der Waals surface area contributed by atoms with Crippen LogP contribution in [0.2, 0.25) is 0 Å². The van der Waals surface area contributed by atoms with E-state index in [-0.39, 0.29) is 5.75 Å². The molecule has 0 bridgehead atoms. The highest BCUT2D eigenvalue weighted by atomic mass is 79.9. The molecule has 0 aliphatic rings. The van der Waals surface area contributed by atoms with Gasteiger partial charge >= 0.3 is 0 Å². The first-order valence-corrected chi connectivity index (χ1v) is 7.86. The van der Waals surface area contributed by atoms with Gasteiger partial charge in [-0.1, -0.05) is 34.1 Å². The van der Waals surface area contributed by atoms with Gasteiger partial charge in [-0.25, -0.2) is 8.42 Å². The molecule has 16 heavy (non-hydrogen) atoms. The fourth-order valence-corrected chi connectivity index (χ4v) is 2.68. The first-order chi connectivity index (χ1) is 7.40. The summed E-state index contributed by atoms with van der Waals surface area (Å²) in [7, 11) is -2.93. The fourth-order valence-electron chi connectivity index (χ4n) is 1.44. The van der Waals surface area contributed by atoms with E-state index in [1.807, 2.05) is 24.3 Å². The number of hydrogen-bond acceptors (Lipinski definition) is 3. The van der Waals surface area contributed by atoms with Crippen LogP contribution in [0.3, 0.4) is 0 Å². The predicted molar refractivity (Wildman–Crippen MR) is 68.0 cm³/mol. The van der Waals surface area contributed by atoms with Gasteiger partial charge in [-0.05, 0) is 24.5 Å². The van der Waals surface area contributed by atoms with E-state index in [2.05, 4.69) is 15.9 Å². The molecule has 1 rings (SSSR count). The van der Waals surface area contributed by atoms with Gasteiger partial charge in [0.05, 0.1) is 6.10 Å². The van der Waals surface area contributed by atoms with Gasteiger partial charge in [0.15, 0.2) is 0 Å². The van der Waals surface area contributed by atoms with Crippen molar-refractivity contribution in [3.8, 4) is 0 Å². The van der Waals surface area contributed by atoms with Gasteiger partial charge in [0.25, 0.3) is 0 Å². The molecule has 0 aromatic heterocycles. The van der Waals surface area contributed by atoms with Gasteiger partial charge in [-0.3, -0.25) is 0 Å². The Morgan fingerprint density at radius 3 is 2.56 bits per heavy atom. The van der Waals surface area contributed by atoms with Crippen LogP contribution < -0.4 is 0 Å². The van der Waals surface area contributed by atoms with Gasteiger partial charge in [0.2, 0.25) is 0 Å². The van der Waals surface area contributed by atoms with Crippen molar-refractivity contribution in [1.29, 1.82) is 0 Å². The van der Waals surface area contributed by atoms with E-state index >= 15 is 0 Å². The number of aliphatic hydroxyl groups is 1. The van der Waals surface area contributed by atoms with Crippen LogP contribution in [0.1, 0.15) is 24.5 Å². The molecule has 0 heterocycles. The SMILES string of the molecule is CS(=O)(=O)CCCC(O)c1ccccc1Br. The number of hydrogen-bond donors (Lipinski definition) is 1. The quantitative estimate of drug-likeness (QED) is 0.908. The Morgan fingerprint density at radius 2 is 2.00 bits per heavy atom. The molecular weight excluding hydrogens is 292 g/mol. The average molecular weight is 307 g/mol. The molecule has 0 radical (unpaired) electrons. The normalized spacial score (nSPS) is 13.7. The summed E-state index contributed by atoms with van der Waals surface area (Å²) in [6.07, 6.45) is 1.52. The average Bonchev–Trinajstić information content (AvgIpc) is 2.16. The standard InChI is InChI=1S/C11H15BrO3S/c1-16(14,15)8-4-7-11(13)9-5-2-3-6-10(9)12/h2-3,5-6,11,13H,4,7-8H2,1H3. The first kappa shape index (κ1) is 13.7. The lowest BCUT2D eigenvalue weighted by molar-refractivity contribution is 0.166. The van der Waals surface area contributed by atoms with E-state index in [0.29, 0.717) is 12.8 Å². The van der Waals surface area contributed by atoms with Gasteiger partial charge in [0, 0.05) is 16.5 Å². The fraction of sp³-hybridized carbons (Fsp3) is 0.455. The highest BCUT2D eigenvalue weighted by Crippen LogP contribution is 2.26. The van der Waals surface area contributed by atoms with Crippen molar-refractivity contribution in [3.63, 3.8) is 0 Å². The van der Waals surface area contributed by atoms with E-state index in [1.54, 1.807) is 0 Å². The minimum Gasteiger partial charge on any atom is -0.388 e. The van der Waals surface area contributed by atoms with Gasteiger partial charge in [0.1, 0.15) is 9.84 Å². The van der Waals surface area contributed by atoms with Crippen LogP contribution in [0.5, 0.6) is 0 Å². The third-order valence-corrected chi connectivity index (χ3v) is 4.01. The monoisotopic (exact) mass is 306 g/mol. The largest absolute Gasteiger partial charge is 0.388 e. The minimum absolute atomic E-state index is 0.120. The highest BCUT2D eigenvalue weighted by Gasteiger charge is 2.11. The van der Waals surface area contributed by atoms with Crippen LogP contribution in [0.25, 0.3) is 0 Å². The van der Waals surface area contributed by atoms with Crippen molar-refractivity contribution in [2.75, 3.05) is 12.0 Å². The summed E-state index contributed by atoms with van der Waals surface area (Å²) in [4.78, 5) is 0. The Labute approximate surface area is 105 Å². The van der Waals surface area contributed by atoms with E-state index in [1.165, 1.54) is 6.26 Å². The van der Waals surface area contributed by atoms with Crippen molar-refractivity contribution in [3.05, 3.63) is 34.3 Å². The summed E-state index contributed by atoms with van der Waals surface area (Å²) in [5.74, 6) is 0.120. The maximum absolute atomic E-state index is 10.9. The molecule has 1 N–H and O–H groups in total. The van der Waals surface area contributed by atoms with Gasteiger partial charge < -0.3 is 5.11 Å². The van der Waals surface area contributed by atoms with E-state index in [4.69, 9.17) is 0 Å². The Kier molecular flexibility index (Phi) is 4.95. The van der Waals surface area contributed by atoms with Crippen molar-refractivity contribution in [2.45, 2.75) is 18.9 Å². The van der Waals surface area contributed by atoms with Gasteiger partial charge in [-0.15, -0.1) is 0 Å². The minimum atomic E-state index is -2.93. The molecule has 0 amide bonds. The van der Waals surface area contributed by atoms with Crippen LogP contribution in [-0.4, -0.2) is 25.5 Å². The van der Waals surface area contributed by atoms with E-state index in [9.17, 15) is 13.5 Å². The lowest BCUT2D eigenvalue weighted by Gasteiger charge is -2.12. The first-order valence-electron chi connectivity index (χ1n) is 5.00. The van der Waals surface area contributed by atoms with Crippen LogP contribution in [-0.2, 0) is 9.84 Å². The number of sulfone groups is 1. The van der Waals surface area contributed by atoms with Crippen LogP contribution in [0, 0.1) is 0 Å². The molecule has 1 aromatic carbocycles. The van der Waals surface area contributed by atoms with Gasteiger partial charge in [-0.2, -0.15) is 0 Å². The zero-order valence-electron chi connectivity index (χ0n) is 9.06. The molecular formula is C11H15BrO3S. The second-order valence-electron chi connectivity index (χ2n) is 3.81. The molecule has 0 spiro atoms. The summed E-state index contributed by atoms with van der Waals surface area (Å²) in [5, 5.41) is 9.87. The summed E-state index contributed by atoms with van der Waals surface area (Å²) in [5.41, 5.74) is 0.802. The second-order valence-corrected chi connectivity index (χ2v) is 6.92. The van der Waals surface area contributed by atoms with Crippen molar-refractivity contribution < 1.29 is 13.5 Å². The Morgan fingerprint density at radius 1 is 1.38 bits per heavy atom. The molecule has 0 saturated heterocycles. The summed E-state index contributed by atoms with van der Waals surface area (Å²) in [6, 6.07) is 7.40. The van der Waals surface area contributed by atoms with Crippen LogP contribution in [0.4, 0.5) is 0 Å². The van der Waals surface area contributed by atoms with Crippen molar-refractivity contribution in [1.82, 2.24) is 0 Å². The number of rotatable bonds is 5. The third kappa shape index (κ3) is 4.63. The number of benzene rings is 1. The Hall–Kier alpha value is -0.390. The molecule has 0 aliphatic carbocycles. The van der Waals surface area contributed by atoms with Crippen molar-refractivity contribution >= 4 is 25.8 Å². The zero-order chi connectivity index (χ0) is 12.2. The molecule has 0 fully saturated rings. The Balaban J connectivity index is 2.54. The molecule has 5 heteroatoms. The van der Waals surface area contributed by atoms with E-state index < -0.39 is 15.9 Å². The smallest absolute Gasteiger partial charge is 0.147 e. The Bertz CT molecular complexity index is 442. The maximum atomic E-state index is 10.9. The molecule has 3 nitrogen and oxygen atoms in total. The molecule has 1 aromatic rings. The summed E-state index contributed by atoms with van der Waals surface area (Å²) in [6.45, 7) is 0. The maximum Gasteiger partial charge on any atom is 0.147 e. The third-order valence-electron chi connectivity index (χ3n) is 2.26. The van der Waals surface area contributed by atoms with E-state index in [0.717, 1.165) is 10.0 Å². The molecule has 1 atom stereocenters. The number of halogens is 1. The predicted octanol–water partition coefficient (Wildman–Crippen LogP) is 2.31. The molecule has 90 valence electrons. The summed E-state index contributed by atoms with van der Waals surface area (Å²) < 4.78 is 22.7.